The minimum absolute atomic E-state index is 0.150. The standard InChI is InChI=1S/C34H52NO8P/c1-4-5-6-12-29(36)18-17-25-15-16-27-22-31-26(21-30(25)27)11-9-14-33(31)42-24-34(37)41-20-19-35(2,3)23-28-10-7-8-13-32(28)43-44(38,39)40/h7-11,13-14,25,27,29-30,36,38-40H,4-6,12,15-24H2,1-3H3/q+2/t25-,27-,29+,30-/m1/s1. The smallest absolute Gasteiger partial charge is 0.482 e. The van der Waals surface area contributed by atoms with Crippen molar-refractivity contribution >= 4 is 14.1 Å². The van der Waals surface area contributed by atoms with Gasteiger partial charge in [-0.15, -0.1) is 0 Å². The molecule has 0 bridgehead atoms. The number of carbonyl (C=O) groups excluding carboxylic acids is 1. The van der Waals surface area contributed by atoms with Crippen LogP contribution in [0.1, 0.15) is 75.0 Å². The Labute approximate surface area is 263 Å². The number of hydrogen-bond donors (Lipinski definition) is 4. The van der Waals surface area contributed by atoms with Gasteiger partial charge in [0.15, 0.2) is 12.4 Å². The summed E-state index contributed by atoms with van der Waals surface area (Å²) in [5.74, 6) is 2.51. The number of aliphatic hydroxyl groups excluding tert-OH is 1. The molecule has 0 amide bonds. The van der Waals surface area contributed by atoms with Crippen molar-refractivity contribution in [1.29, 1.82) is 0 Å². The number of ether oxygens (including phenoxy) is 2. The fourth-order valence-corrected chi connectivity index (χ4v) is 7.48. The second-order valence-corrected chi connectivity index (χ2v) is 14.5. The van der Waals surface area contributed by atoms with E-state index in [9.17, 15) is 24.6 Å². The van der Waals surface area contributed by atoms with Crippen molar-refractivity contribution in [2.75, 3.05) is 33.9 Å². The lowest BCUT2D eigenvalue weighted by Crippen LogP contribution is -2.42. The van der Waals surface area contributed by atoms with Gasteiger partial charge in [0.2, 0.25) is 0 Å². The van der Waals surface area contributed by atoms with Crippen LogP contribution in [-0.4, -0.2) is 70.2 Å². The van der Waals surface area contributed by atoms with Crippen LogP contribution in [0.2, 0.25) is 0 Å². The zero-order valence-corrected chi connectivity index (χ0v) is 27.5. The molecule has 0 spiro atoms. The zero-order valence-electron chi connectivity index (χ0n) is 26.6. The number of benzene rings is 2. The van der Waals surface area contributed by atoms with E-state index in [1.165, 1.54) is 36.8 Å². The molecule has 0 heterocycles. The Bertz CT molecular complexity index is 1220. The van der Waals surface area contributed by atoms with E-state index in [4.69, 9.17) is 14.0 Å². The average molecular weight is 634 g/mol. The zero-order chi connectivity index (χ0) is 31.7. The van der Waals surface area contributed by atoms with Crippen LogP contribution in [0.5, 0.6) is 11.5 Å². The molecular formula is C34H52NO8P+2. The molecule has 244 valence electrons. The highest BCUT2D eigenvalue weighted by Crippen LogP contribution is 2.49. The Morgan fingerprint density at radius 1 is 1.00 bits per heavy atom. The lowest BCUT2D eigenvalue weighted by atomic mass is 9.73. The number of likely N-dealkylation sites (N-methyl/N-ethyl adjacent to an activating group) is 1. The third-order valence-electron chi connectivity index (χ3n) is 9.38. The number of fused-ring (bicyclic) bond motifs is 2. The molecule has 0 aromatic heterocycles. The summed E-state index contributed by atoms with van der Waals surface area (Å²) < 4.78 is 16.9. The summed E-state index contributed by atoms with van der Waals surface area (Å²) in [6.07, 6.45) is 10.7. The molecule has 44 heavy (non-hydrogen) atoms. The number of hydrogen-bond acceptors (Lipinski definition) is 8. The number of quaternary nitrogens is 1. The highest BCUT2D eigenvalue weighted by molar-refractivity contribution is 7.53. The van der Waals surface area contributed by atoms with E-state index in [2.05, 4.69) is 13.0 Å². The largest absolute Gasteiger partial charge is 0.613 e. The van der Waals surface area contributed by atoms with E-state index in [-0.39, 0.29) is 25.1 Å². The van der Waals surface area contributed by atoms with Crippen molar-refractivity contribution in [1.82, 2.24) is 0 Å². The summed E-state index contributed by atoms with van der Waals surface area (Å²) in [6.45, 7) is 3.21. The maximum absolute atomic E-state index is 12.6. The van der Waals surface area contributed by atoms with E-state index in [0.717, 1.165) is 44.3 Å². The molecule has 1 saturated carbocycles. The molecule has 2 aromatic carbocycles. The van der Waals surface area contributed by atoms with E-state index < -0.39 is 14.1 Å². The molecule has 2 aromatic rings. The fraction of sp³-hybridized carbons (Fsp3) is 0.618. The van der Waals surface area contributed by atoms with Crippen molar-refractivity contribution in [3.8, 4) is 11.5 Å². The van der Waals surface area contributed by atoms with Gasteiger partial charge in [0.1, 0.15) is 25.4 Å². The Balaban J connectivity index is 1.23. The van der Waals surface area contributed by atoms with Crippen LogP contribution in [0, 0.1) is 17.8 Å². The van der Waals surface area contributed by atoms with Crippen molar-refractivity contribution in [2.45, 2.75) is 83.8 Å². The van der Waals surface area contributed by atoms with Gasteiger partial charge in [0.25, 0.3) is 0 Å². The fourth-order valence-electron chi connectivity index (χ4n) is 7.03. The van der Waals surface area contributed by atoms with E-state index in [1.807, 2.05) is 26.2 Å². The summed E-state index contributed by atoms with van der Waals surface area (Å²) in [6, 6.07) is 13.0. The van der Waals surface area contributed by atoms with Gasteiger partial charge in [-0.05, 0) is 92.0 Å². The highest BCUT2D eigenvalue weighted by Gasteiger charge is 2.40. The maximum Gasteiger partial charge on any atom is 0.613 e. The lowest BCUT2D eigenvalue weighted by Gasteiger charge is -2.32. The van der Waals surface area contributed by atoms with Crippen molar-refractivity contribution in [3.05, 3.63) is 59.2 Å². The van der Waals surface area contributed by atoms with Crippen molar-refractivity contribution in [3.63, 3.8) is 0 Å². The van der Waals surface area contributed by atoms with Gasteiger partial charge in [-0.1, -0.05) is 50.5 Å². The molecule has 2 aliphatic rings. The Morgan fingerprint density at radius 2 is 1.77 bits per heavy atom. The minimum Gasteiger partial charge on any atom is -0.482 e. The Morgan fingerprint density at radius 3 is 2.55 bits per heavy atom. The van der Waals surface area contributed by atoms with Crippen LogP contribution in [0.25, 0.3) is 0 Å². The number of para-hydroxylation sites is 1. The molecule has 0 saturated heterocycles. The third kappa shape index (κ3) is 10.4. The molecule has 10 heteroatoms. The summed E-state index contributed by atoms with van der Waals surface area (Å²) in [4.78, 5) is 40.6. The van der Waals surface area contributed by atoms with Crippen LogP contribution < -0.4 is 9.26 Å². The normalized spacial score (nSPS) is 20.5. The molecule has 0 unspecified atom stereocenters. The molecule has 0 radical (unpaired) electrons. The van der Waals surface area contributed by atoms with E-state index in [0.29, 0.717) is 40.9 Å². The Hall–Kier alpha value is -2.26. The summed E-state index contributed by atoms with van der Waals surface area (Å²) in [7, 11) is -0.492. The number of esters is 1. The van der Waals surface area contributed by atoms with Gasteiger partial charge >= 0.3 is 14.1 Å². The monoisotopic (exact) mass is 633 g/mol. The van der Waals surface area contributed by atoms with E-state index in [1.54, 1.807) is 24.3 Å². The van der Waals surface area contributed by atoms with E-state index >= 15 is 0 Å². The quantitative estimate of drug-likeness (QED) is 0.0792. The maximum atomic E-state index is 12.6. The highest BCUT2D eigenvalue weighted by atomic mass is 31.2. The van der Waals surface area contributed by atoms with Crippen molar-refractivity contribution in [2.24, 2.45) is 17.8 Å². The third-order valence-corrected chi connectivity index (χ3v) is 9.82. The van der Waals surface area contributed by atoms with Crippen LogP contribution in [-0.2, 0) is 28.9 Å². The number of aliphatic hydroxyl groups is 1. The number of carbonyl (C=O) groups is 1. The van der Waals surface area contributed by atoms with Gasteiger partial charge in [-0.3, -0.25) is 4.52 Å². The van der Waals surface area contributed by atoms with Gasteiger partial charge in [0.05, 0.1) is 25.8 Å². The first-order valence-electron chi connectivity index (χ1n) is 16.2. The van der Waals surface area contributed by atoms with Gasteiger partial charge < -0.3 is 19.1 Å². The van der Waals surface area contributed by atoms with Crippen LogP contribution >= 0.6 is 8.17 Å². The number of rotatable bonds is 17. The minimum atomic E-state index is -4.42. The summed E-state index contributed by atoms with van der Waals surface area (Å²) >= 11 is 0. The first-order chi connectivity index (χ1) is 20.9. The number of unbranched alkanes of at least 4 members (excludes halogenated alkanes) is 2. The topological polar surface area (TPSA) is 126 Å². The van der Waals surface area contributed by atoms with Gasteiger partial charge in [-0.2, -0.15) is 14.7 Å². The average Bonchev–Trinajstić information content (AvgIpc) is 3.35. The molecule has 4 N–H and O–H groups in total. The van der Waals surface area contributed by atoms with Gasteiger partial charge in [-0.25, -0.2) is 4.79 Å². The SMILES string of the molecule is CCCCC[C@H](O)CC[C@H]1CC[C@@H]2Cc3c(cccc3OCC(=O)OCC[N+](C)(C)Cc3ccccc3O[P+](O)(O)O)C[C@H]12. The molecule has 4 atom stereocenters. The predicted octanol–water partition coefficient (Wildman–Crippen LogP) is 5.38. The summed E-state index contributed by atoms with van der Waals surface area (Å²) in [5.41, 5.74) is 3.23. The molecule has 4 rings (SSSR count). The molecule has 0 aliphatic heterocycles. The predicted molar refractivity (Wildman–Crippen MR) is 171 cm³/mol. The second-order valence-electron chi connectivity index (χ2n) is 13.3. The first-order valence-corrected chi connectivity index (χ1v) is 17.7. The Kier molecular flexibility index (Phi) is 12.5. The molecular weight excluding hydrogens is 581 g/mol. The second kappa shape index (κ2) is 15.8. The number of nitrogens with zero attached hydrogens (tertiary/aromatic N) is 1. The first kappa shape index (κ1) is 34.6. The summed E-state index contributed by atoms with van der Waals surface area (Å²) in [5, 5.41) is 10.4. The molecule has 2 aliphatic carbocycles. The lowest BCUT2D eigenvalue weighted by molar-refractivity contribution is -0.903. The van der Waals surface area contributed by atoms with Crippen molar-refractivity contribution < 1.29 is 43.1 Å². The van der Waals surface area contributed by atoms with Crippen LogP contribution in [0.15, 0.2) is 42.5 Å². The molecule has 1 fully saturated rings. The molecule has 9 nitrogen and oxygen atoms in total. The van der Waals surface area contributed by atoms with Gasteiger partial charge in [0, 0.05) is 0 Å². The van der Waals surface area contributed by atoms with Crippen LogP contribution in [0.3, 0.4) is 0 Å². The van der Waals surface area contributed by atoms with Crippen LogP contribution in [0.4, 0.5) is 0 Å².